The molecule has 0 heterocycles. The predicted octanol–water partition coefficient (Wildman–Crippen LogP) is 4.67. The second kappa shape index (κ2) is 6.72. The van der Waals surface area contributed by atoms with Gasteiger partial charge >= 0.3 is 6.87 Å². The topological polar surface area (TPSA) is 29.5 Å². The van der Waals surface area contributed by atoms with E-state index in [-0.39, 0.29) is 18.7 Å². The highest BCUT2D eigenvalue weighted by molar-refractivity contribution is 7.83. The van der Waals surface area contributed by atoms with Gasteiger partial charge in [-0.05, 0) is 44.5 Å². The van der Waals surface area contributed by atoms with E-state index < -0.39 is 6.87 Å². The van der Waals surface area contributed by atoms with Gasteiger partial charge in [-0.15, -0.1) is 0 Å². The Kier molecular flexibility index (Phi) is 5.87. The number of hydrogen-bond acceptors (Lipinski definition) is 2. The Balaban J connectivity index is 2.72. The molecule has 0 N–H and O–H groups in total. The fourth-order valence-corrected chi connectivity index (χ4v) is 4.68. The third-order valence-electron chi connectivity index (χ3n) is 2.57. The molecule has 0 spiro atoms. The maximum atomic E-state index is 12.4. The third kappa shape index (κ3) is 4.40. The molecule has 1 aromatic rings. The normalized spacial score (nSPS) is 15.3. The summed E-state index contributed by atoms with van der Waals surface area (Å²) in [6.45, 7) is 4.82. The molecule has 0 saturated carbocycles. The number of benzene rings is 1. The molecule has 0 fully saturated rings. The number of halogens is 1. The first kappa shape index (κ1) is 15.7. The minimum atomic E-state index is -3.27. The Morgan fingerprint density at radius 1 is 1.17 bits per heavy atom. The highest BCUT2D eigenvalue weighted by Crippen LogP contribution is 2.58. The van der Waals surface area contributed by atoms with Gasteiger partial charge in [-0.3, -0.25) is 4.57 Å². The molecule has 3 nitrogen and oxygen atoms in total. The molecule has 0 amide bonds. The first-order chi connectivity index (χ1) is 8.34. The first-order valence-corrected chi connectivity index (χ1v) is 8.60. The molecule has 1 aromatic carbocycles. The average Bonchev–Trinajstić information content (AvgIpc) is 2.26. The zero-order valence-electron chi connectivity index (χ0n) is 11.3. The maximum Gasteiger partial charge on any atom is 0.363 e. The molecule has 0 radical (unpaired) electrons. The van der Waals surface area contributed by atoms with Crippen LogP contribution in [0, 0.1) is 0 Å². The zero-order valence-corrected chi connectivity index (χ0v) is 13.0. The van der Waals surface area contributed by atoms with Crippen LogP contribution in [0.5, 0.6) is 0 Å². The van der Waals surface area contributed by atoms with Crippen molar-refractivity contribution in [3.63, 3.8) is 0 Å². The summed E-state index contributed by atoms with van der Waals surface area (Å²) in [6, 6.07) is 9.75. The van der Waals surface area contributed by atoms with Crippen molar-refractivity contribution in [1.29, 1.82) is 0 Å². The molecule has 1 atom stereocenters. The molecule has 5 heteroatoms. The van der Waals surface area contributed by atoms with Gasteiger partial charge in [-0.1, -0.05) is 30.3 Å². The van der Waals surface area contributed by atoms with E-state index in [4.69, 9.17) is 15.8 Å². The Hall–Kier alpha value is -0.340. The van der Waals surface area contributed by atoms with Crippen LogP contribution in [0.3, 0.4) is 0 Å². The van der Waals surface area contributed by atoms with Crippen molar-refractivity contribution in [2.75, 3.05) is 0 Å². The van der Waals surface area contributed by atoms with Crippen LogP contribution in [0.4, 0.5) is 0 Å². The van der Waals surface area contributed by atoms with Gasteiger partial charge in [0.2, 0.25) is 0 Å². The molecule has 0 saturated heterocycles. The lowest BCUT2D eigenvalue weighted by Gasteiger charge is -2.33. The van der Waals surface area contributed by atoms with Gasteiger partial charge in [0.05, 0.1) is 6.61 Å². The van der Waals surface area contributed by atoms with E-state index >= 15 is 0 Å². The smallest absolute Gasteiger partial charge is 0.301 e. The second-order valence-electron chi connectivity index (χ2n) is 4.78. The first-order valence-electron chi connectivity index (χ1n) is 6.11. The standard InChI is InChI=1S/C13H21ClNO2P/c1-11(2)15(12(3)4)18(14,16)17-10-13-8-6-5-7-9-13/h5-9,11-12H,10H2,1-4H3. The van der Waals surface area contributed by atoms with Gasteiger partial charge in [0.1, 0.15) is 0 Å². The fourth-order valence-electron chi connectivity index (χ4n) is 1.94. The van der Waals surface area contributed by atoms with Gasteiger partial charge in [-0.25, -0.2) is 4.67 Å². The fraction of sp³-hybridized carbons (Fsp3) is 0.538. The predicted molar refractivity (Wildman–Crippen MR) is 76.8 cm³/mol. The van der Waals surface area contributed by atoms with Crippen molar-refractivity contribution in [1.82, 2.24) is 4.67 Å². The Labute approximate surface area is 114 Å². The van der Waals surface area contributed by atoms with Crippen LogP contribution in [-0.2, 0) is 15.7 Å². The number of rotatable bonds is 6. The summed E-state index contributed by atoms with van der Waals surface area (Å²) in [5.41, 5.74) is 0.964. The van der Waals surface area contributed by atoms with Crippen LogP contribution in [0.15, 0.2) is 30.3 Å². The molecule has 0 aliphatic rings. The molecular formula is C13H21ClNO2P. The van der Waals surface area contributed by atoms with E-state index in [1.54, 1.807) is 4.67 Å². The van der Waals surface area contributed by atoms with E-state index in [2.05, 4.69) is 0 Å². The lowest BCUT2D eigenvalue weighted by molar-refractivity contribution is 0.222. The van der Waals surface area contributed by atoms with Gasteiger partial charge in [0, 0.05) is 12.1 Å². The molecule has 18 heavy (non-hydrogen) atoms. The lowest BCUT2D eigenvalue weighted by Crippen LogP contribution is -2.33. The summed E-state index contributed by atoms with van der Waals surface area (Å²) in [4.78, 5) is 0. The van der Waals surface area contributed by atoms with Crippen LogP contribution in [0.1, 0.15) is 33.3 Å². The Bertz CT molecular complexity index is 401. The van der Waals surface area contributed by atoms with Gasteiger partial charge in [0.25, 0.3) is 0 Å². The van der Waals surface area contributed by atoms with Crippen molar-refractivity contribution >= 4 is 18.1 Å². The van der Waals surface area contributed by atoms with Crippen LogP contribution in [-0.4, -0.2) is 16.8 Å². The quantitative estimate of drug-likeness (QED) is 0.713. The van der Waals surface area contributed by atoms with E-state index in [1.165, 1.54) is 0 Å². The monoisotopic (exact) mass is 289 g/mol. The van der Waals surface area contributed by atoms with E-state index in [0.717, 1.165) is 5.56 Å². The van der Waals surface area contributed by atoms with Gasteiger partial charge < -0.3 is 4.52 Å². The summed E-state index contributed by atoms with van der Waals surface area (Å²) in [5.74, 6) is 0. The summed E-state index contributed by atoms with van der Waals surface area (Å²) in [6.07, 6.45) is 0. The minimum absolute atomic E-state index is 0.0732. The largest absolute Gasteiger partial charge is 0.363 e. The Morgan fingerprint density at radius 3 is 2.11 bits per heavy atom. The molecule has 1 unspecified atom stereocenters. The van der Waals surface area contributed by atoms with Crippen LogP contribution < -0.4 is 0 Å². The van der Waals surface area contributed by atoms with Crippen LogP contribution in [0.25, 0.3) is 0 Å². The van der Waals surface area contributed by atoms with E-state index in [9.17, 15) is 4.57 Å². The molecular weight excluding hydrogens is 269 g/mol. The summed E-state index contributed by atoms with van der Waals surface area (Å²) >= 11 is 6.10. The van der Waals surface area contributed by atoms with Gasteiger partial charge in [0.15, 0.2) is 0 Å². The number of hydrogen-bond donors (Lipinski definition) is 0. The van der Waals surface area contributed by atoms with Crippen molar-refractivity contribution in [2.45, 2.75) is 46.4 Å². The van der Waals surface area contributed by atoms with Crippen molar-refractivity contribution in [3.8, 4) is 0 Å². The average molecular weight is 290 g/mol. The van der Waals surface area contributed by atoms with Crippen molar-refractivity contribution < 1.29 is 9.09 Å². The Morgan fingerprint density at radius 2 is 1.67 bits per heavy atom. The van der Waals surface area contributed by atoms with E-state index in [1.807, 2.05) is 58.0 Å². The second-order valence-corrected chi connectivity index (χ2v) is 7.68. The highest BCUT2D eigenvalue weighted by Gasteiger charge is 2.33. The lowest BCUT2D eigenvalue weighted by atomic mass is 10.2. The summed E-state index contributed by atoms with van der Waals surface area (Å²) in [7, 11) is 0. The van der Waals surface area contributed by atoms with Crippen molar-refractivity contribution in [2.24, 2.45) is 0 Å². The SMILES string of the molecule is CC(C)N(C(C)C)P(=O)(Cl)OCc1ccccc1. The molecule has 1 rings (SSSR count). The highest BCUT2D eigenvalue weighted by atomic mass is 35.7. The maximum absolute atomic E-state index is 12.4. The van der Waals surface area contributed by atoms with Crippen LogP contribution in [0.2, 0.25) is 0 Å². The van der Waals surface area contributed by atoms with Crippen LogP contribution >= 0.6 is 18.1 Å². The minimum Gasteiger partial charge on any atom is -0.301 e. The van der Waals surface area contributed by atoms with Crippen molar-refractivity contribution in [3.05, 3.63) is 35.9 Å². The molecule has 102 valence electrons. The molecule has 0 aromatic heterocycles. The number of nitrogens with zero attached hydrogens (tertiary/aromatic N) is 1. The molecule has 0 aliphatic carbocycles. The zero-order chi connectivity index (χ0) is 13.8. The van der Waals surface area contributed by atoms with E-state index in [0.29, 0.717) is 0 Å². The van der Waals surface area contributed by atoms with Gasteiger partial charge in [-0.2, -0.15) is 0 Å². The summed E-state index contributed by atoms with van der Waals surface area (Å²) < 4.78 is 19.6. The third-order valence-corrected chi connectivity index (χ3v) is 5.31. The molecule has 0 aliphatic heterocycles. The summed E-state index contributed by atoms with van der Waals surface area (Å²) in [5, 5.41) is 0. The molecule has 0 bridgehead atoms.